The van der Waals surface area contributed by atoms with E-state index in [1.807, 2.05) is 6.92 Å². The minimum Gasteiger partial charge on any atom is -0.508 e. The highest BCUT2D eigenvalue weighted by Gasteiger charge is 2.16. The number of carbonyl (C=O) groups is 1. The molecule has 1 aromatic carbocycles. The fourth-order valence-electron chi connectivity index (χ4n) is 3.56. The summed E-state index contributed by atoms with van der Waals surface area (Å²) in [6.07, 6.45) is 5.08. The molecule has 1 amide bonds. The largest absolute Gasteiger partial charge is 0.508 e. The van der Waals surface area contributed by atoms with E-state index in [2.05, 4.69) is 20.5 Å². The van der Waals surface area contributed by atoms with Crippen molar-refractivity contribution in [1.29, 1.82) is 0 Å². The number of aromatic hydroxyl groups is 1. The second kappa shape index (κ2) is 7.80. The van der Waals surface area contributed by atoms with Crippen LogP contribution in [0.3, 0.4) is 0 Å². The number of aryl methyl sites for hydroxylation is 2. The fraction of sp³-hybridized carbons (Fsp3) is 0.333. The van der Waals surface area contributed by atoms with E-state index in [0.717, 1.165) is 29.9 Å². The maximum atomic E-state index is 12.4. The zero-order chi connectivity index (χ0) is 19.5. The highest BCUT2D eigenvalue weighted by molar-refractivity contribution is 5.93. The SMILES string of the molecule is Cc1nc(CCNC(=O)c2cc(-c3ccc(O)cc3)n[nH]2)nc2c1CCCC2. The van der Waals surface area contributed by atoms with Crippen LogP contribution in [0.2, 0.25) is 0 Å². The first-order valence-electron chi connectivity index (χ1n) is 9.58. The number of hydrogen-bond donors (Lipinski definition) is 3. The van der Waals surface area contributed by atoms with Crippen molar-refractivity contribution in [2.24, 2.45) is 0 Å². The second-order valence-electron chi connectivity index (χ2n) is 7.08. The molecule has 1 aliphatic rings. The molecule has 1 aliphatic carbocycles. The van der Waals surface area contributed by atoms with Gasteiger partial charge in [-0.2, -0.15) is 5.10 Å². The number of amides is 1. The van der Waals surface area contributed by atoms with Gasteiger partial charge in [0.15, 0.2) is 0 Å². The van der Waals surface area contributed by atoms with E-state index in [4.69, 9.17) is 4.98 Å². The van der Waals surface area contributed by atoms with E-state index in [9.17, 15) is 9.90 Å². The van der Waals surface area contributed by atoms with Crippen LogP contribution in [0.1, 0.15) is 46.1 Å². The number of fused-ring (bicyclic) bond motifs is 1. The number of aromatic amines is 1. The first-order valence-corrected chi connectivity index (χ1v) is 9.58. The molecule has 3 N–H and O–H groups in total. The van der Waals surface area contributed by atoms with Gasteiger partial charge in [-0.15, -0.1) is 0 Å². The third-order valence-corrected chi connectivity index (χ3v) is 5.06. The van der Waals surface area contributed by atoms with Gasteiger partial charge in [0.05, 0.1) is 5.69 Å². The van der Waals surface area contributed by atoms with E-state index in [-0.39, 0.29) is 11.7 Å². The lowest BCUT2D eigenvalue weighted by Gasteiger charge is -2.17. The Labute approximate surface area is 163 Å². The molecule has 28 heavy (non-hydrogen) atoms. The molecule has 144 valence electrons. The smallest absolute Gasteiger partial charge is 0.269 e. The van der Waals surface area contributed by atoms with Gasteiger partial charge in [-0.25, -0.2) is 9.97 Å². The van der Waals surface area contributed by atoms with Gasteiger partial charge < -0.3 is 10.4 Å². The van der Waals surface area contributed by atoms with Gasteiger partial charge in [-0.1, -0.05) is 0 Å². The quantitative estimate of drug-likeness (QED) is 0.634. The molecule has 2 heterocycles. The molecule has 2 aromatic heterocycles. The standard InChI is InChI=1S/C21H23N5O2/c1-13-16-4-2-3-5-17(16)24-20(23-13)10-11-22-21(28)19-12-18(25-26-19)14-6-8-15(27)9-7-14/h6-9,12,27H,2-5,10-11H2,1H3,(H,22,28)(H,25,26). The minimum atomic E-state index is -0.216. The molecule has 0 aliphatic heterocycles. The summed E-state index contributed by atoms with van der Waals surface area (Å²) < 4.78 is 0. The van der Waals surface area contributed by atoms with Gasteiger partial charge in [0.1, 0.15) is 17.3 Å². The molecular weight excluding hydrogens is 354 g/mol. The summed E-state index contributed by atoms with van der Waals surface area (Å²) in [6.45, 7) is 2.51. The third kappa shape index (κ3) is 3.88. The average Bonchev–Trinajstić information content (AvgIpc) is 3.19. The van der Waals surface area contributed by atoms with Gasteiger partial charge in [0.25, 0.3) is 5.91 Å². The van der Waals surface area contributed by atoms with E-state index in [1.165, 1.54) is 24.1 Å². The number of aromatic nitrogens is 4. The predicted octanol–water partition coefficient (Wildman–Crippen LogP) is 2.73. The van der Waals surface area contributed by atoms with E-state index in [0.29, 0.717) is 24.4 Å². The summed E-state index contributed by atoms with van der Waals surface area (Å²) >= 11 is 0. The summed E-state index contributed by atoms with van der Waals surface area (Å²) in [7, 11) is 0. The van der Waals surface area contributed by atoms with Crippen molar-refractivity contribution in [3.8, 4) is 17.0 Å². The number of nitrogens with one attached hydrogen (secondary N) is 2. The lowest BCUT2D eigenvalue weighted by Crippen LogP contribution is -2.27. The molecule has 0 fully saturated rings. The average molecular weight is 377 g/mol. The van der Waals surface area contributed by atoms with Crippen molar-refractivity contribution >= 4 is 5.91 Å². The van der Waals surface area contributed by atoms with Gasteiger partial charge in [0.2, 0.25) is 0 Å². The van der Waals surface area contributed by atoms with Crippen LogP contribution < -0.4 is 5.32 Å². The van der Waals surface area contributed by atoms with Crippen molar-refractivity contribution in [3.63, 3.8) is 0 Å². The van der Waals surface area contributed by atoms with E-state index in [1.54, 1.807) is 30.3 Å². The molecule has 3 aromatic rings. The van der Waals surface area contributed by atoms with Crippen LogP contribution in [0.25, 0.3) is 11.3 Å². The molecule has 0 atom stereocenters. The first-order chi connectivity index (χ1) is 13.6. The van der Waals surface area contributed by atoms with Crippen LogP contribution in [0, 0.1) is 6.92 Å². The number of rotatable bonds is 5. The topological polar surface area (TPSA) is 104 Å². The Bertz CT molecular complexity index is 995. The molecular formula is C21H23N5O2. The number of hydrogen-bond acceptors (Lipinski definition) is 5. The van der Waals surface area contributed by atoms with Crippen LogP contribution in [0.15, 0.2) is 30.3 Å². The number of benzene rings is 1. The summed E-state index contributed by atoms with van der Waals surface area (Å²) in [5, 5.41) is 19.2. The van der Waals surface area contributed by atoms with Crippen molar-refractivity contribution < 1.29 is 9.90 Å². The number of nitrogens with zero attached hydrogens (tertiary/aromatic N) is 3. The fourth-order valence-corrected chi connectivity index (χ4v) is 3.56. The molecule has 0 radical (unpaired) electrons. The monoisotopic (exact) mass is 377 g/mol. The Morgan fingerprint density at radius 2 is 1.96 bits per heavy atom. The molecule has 7 nitrogen and oxygen atoms in total. The molecule has 0 unspecified atom stereocenters. The highest BCUT2D eigenvalue weighted by Crippen LogP contribution is 2.22. The molecule has 7 heteroatoms. The third-order valence-electron chi connectivity index (χ3n) is 5.06. The first kappa shape index (κ1) is 18.2. The molecule has 0 saturated heterocycles. The summed E-state index contributed by atoms with van der Waals surface area (Å²) in [4.78, 5) is 21.7. The lowest BCUT2D eigenvalue weighted by molar-refractivity contribution is 0.0949. The van der Waals surface area contributed by atoms with Gasteiger partial charge in [-0.05, 0) is 68.5 Å². The normalized spacial score (nSPS) is 13.2. The Balaban J connectivity index is 1.36. The van der Waals surface area contributed by atoms with Crippen molar-refractivity contribution in [3.05, 3.63) is 58.8 Å². The Morgan fingerprint density at radius 1 is 1.18 bits per heavy atom. The zero-order valence-electron chi connectivity index (χ0n) is 15.8. The maximum absolute atomic E-state index is 12.4. The maximum Gasteiger partial charge on any atom is 0.269 e. The minimum absolute atomic E-state index is 0.192. The highest BCUT2D eigenvalue weighted by atomic mass is 16.3. The van der Waals surface area contributed by atoms with Crippen molar-refractivity contribution in [2.45, 2.75) is 39.0 Å². The molecule has 0 bridgehead atoms. The summed E-state index contributed by atoms with van der Waals surface area (Å²) in [5.41, 5.74) is 5.42. The van der Waals surface area contributed by atoms with Crippen LogP contribution in [-0.2, 0) is 19.3 Å². The number of carbonyl (C=O) groups excluding carboxylic acids is 1. The van der Waals surface area contributed by atoms with Crippen LogP contribution >= 0.6 is 0 Å². The van der Waals surface area contributed by atoms with E-state index >= 15 is 0 Å². The Kier molecular flexibility index (Phi) is 5.06. The van der Waals surface area contributed by atoms with E-state index < -0.39 is 0 Å². The van der Waals surface area contributed by atoms with Gasteiger partial charge in [-0.3, -0.25) is 9.89 Å². The molecule has 4 rings (SSSR count). The molecule has 0 spiro atoms. The van der Waals surface area contributed by atoms with Crippen LogP contribution in [0.5, 0.6) is 5.75 Å². The second-order valence-corrected chi connectivity index (χ2v) is 7.08. The van der Waals surface area contributed by atoms with Gasteiger partial charge >= 0.3 is 0 Å². The Morgan fingerprint density at radius 3 is 2.79 bits per heavy atom. The lowest BCUT2D eigenvalue weighted by atomic mass is 9.95. The van der Waals surface area contributed by atoms with Crippen LogP contribution in [0.4, 0.5) is 0 Å². The molecule has 0 saturated carbocycles. The summed E-state index contributed by atoms with van der Waals surface area (Å²) in [5.74, 6) is 0.761. The summed E-state index contributed by atoms with van der Waals surface area (Å²) in [6, 6.07) is 8.38. The van der Waals surface area contributed by atoms with Crippen molar-refractivity contribution in [1.82, 2.24) is 25.5 Å². The van der Waals surface area contributed by atoms with Crippen LogP contribution in [-0.4, -0.2) is 37.7 Å². The Hall–Kier alpha value is -3.22. The number of H-pyrrole nitrogens is 1. The number of phenols is 1. The number of phenolic OH excluding ortho intramolecular Hbond substituents is 1. The zero-order valence-corrected chi connectivity index (χ0v) is 15.8. The van der Waals surface area contributed by atoms with Gasteiger partial charge in [0, 0.05) is 29.9 Å². The van der Waals surface area contributed by atoms with Crippen molar-refractivity contribution in [2.75, 3.05) is 6.54 Å². The predicted molar refractivity (Wildman–Crippen MR) is 105 cm³/mol.